The molecule has 0 aliphatic carbocycles. The van der Waals surface area contributed by atoms with Crippen LogP contribution in [0.3, 0.4) is 0 Å². The minimum atomic E-state index is -0.838. The van der Waals surface area contributed by atoms with E-state index in [1.807, 2.05) is 17.0 Å². The number of aryl methyl sites for hydroxylation is 1. The normalized spacial score (nSPS) is 21.3. The minimum Gasteiger partial charge on any atom is -0.493 e. The number of aromatic nitrogens is 1. The van der Waals surface area contributed by atoms with Crippen molar-refractivity contribution in [1.82, 2.24) is 14.8 Å². The Morgan fingerprint density at radius 3 is 2.83 bits per heavy atom. The molecular formula is C27H38N4O5. The average molecular weight is 499 g/mol. The van der Waals surface area contributed by atoms with Crippen molar-refractivity contribution in [2.45, 2.75) is 57.4 Å². The average Bonchev–Trinajstić information content (AvgIpc) is 3.62. The molecule has 3 N–H and O–H groups in total. The molecule has 4 rings (SSSR count). The number of hydrogen-bond donors (Lipinski definition) is 2. The second kappa shape index (κ2) is 12.4. The number of carboxylic acids is 1. The van der Waals surface area contributed by atoms with Gasteiger partial charge in [-0.1, -0.05) is 25.5 Å². The summed E-state index contributed by atoms with van der Waals surface area (Å²) in [6.07, 6.45) is 7.70. The van der Waals surface area contributed by atoms with Crippen LogP contribution in [0.2, 0.25) is 0 Å². The SMILES string of the molecule is CCCCN(CCCN)C(=O)CN1CC(c2ccc3c(c2)CCO3)C(C(=O)O)C1CCc1ncco1. The van der Waals surface area contributed by atoms with Crippen LogP contribution < -0.4 is 10.5 Å². The zero-order valence-corrected chi connectivity index (χ0v) is 21.1. The summed E-state index contributed by atoms with van der Waals surface area (Å²) in [5.41, 5.74) is 7.83. The van der Waals surface area contributed by atoms with Gasteiger partial charge in [-0.25, -0.2) is 4.98 Å². The highest BCUT2D eigenvalue weighted by molar-refractivity contribution is 5.79. The summed E-state index contributed by atoms with van der Waals surface area (Å²) < 4.78 is 11.1. The minimum absolute atomic E-state index is 0.0326. The molecule has 3 unspecified atom stereocenters. The number of unbranched alkanes of at least 4 members (excludes halogenated alkanes) is 1. The molecule has 0 spiro atoms. The van der Waals surface area contributed by atoms with E-state index >= 15 is 0 Å². The summed E-state index contributed by atoms with van der Waals surface area (Å²) >= 11 is 0. The Morgan fingerprint density at radius 2 is 2.11 bits per heavy atom. The zero-order chi connectivity index (χ0) is 25.5. The monoisotopic (exact) mass is 498 g/mol. The maximum Gasteiger partial charge on any atom is 0.308 e. The van der Waals surface area contributed by atoms with Crippen molar-refractivity contribution in [2.24, 2.45) is 11.7 Å². The Balaban J connectivity index is 1.58. The van der Waals surface area contributed by atoms with E-state index in [1.54, 1.807) is 6.20 Å². The predicted octanol–water partition coefficient (Wildman–Crippen LogP) is 2.69. The van der Waals surface area contributed by atoms with E-state index in [-0.39, 0.29) is 24.4 Å². The molecule has 1 fully saturated rings. The third-order valence-corrected chi connectivity index (χ3v) is 7.42. The number of carboxylic acid groups (broad SMARTS) is 1. The van der Waals surface area contributed by atoms with Gasteiger partial charge in [0.15, 0.2) is 5.89 Å². The molecule has 0 bridgehead atoms. The predicted molar refractivity (Wildman–Crippen MR) is 135 cm³/mol. The first-order valence-electron chi connectivity index (χ1n) is 13.1. The highest BCUT2D eigenvalue weighted by Crippen LogP contribution is 2.41. The lowest BCUT2D eigenvalue weighted by Crippen LogP contribution is -2.45. The number of oxazole rings is 1. The first-order chi connectivity index (χ1) is 17.5. The van der Waals surface area contributed by atoms with Crippen LogP contribution in [0.5, 0.6) is 5.75 Å². The number of benzene rings is 1. The van der Waals surface area contributed by atoms with E-state index in [4.69, 9.17) is 14.9 Å². The van der Waals surface area contributed by atoms with Gasteiger partial charge < -0.3 is 24.9 Å². The number of carbonyl (C=O) groups excluding carboxylic acids is 1. The van der Waals surface area contributed by atoms with Gasteiger partial charge in [0, 0.05) is 44.4 Å². The van der Waals surface area contributed by atoms with E-state index in [2.05, 4.69) is 22.9 Å². The van der Waals surface area contributed by atoms with Gasteiger partial charge >= 0.3 is 5.97 Å². The van der Waals surface area contributed by atoms with Gasteiger partial charge in [0.25, 0.3) is 0 Å². The molecule has 9 nitrogen and oxygen atoms in total. The van der Waals surface area contributed by atoms with Crippen LogP contribution >= 0.6 is 0 Å². The molecule has 2 aromatic rings. The van der Waals surface area contributed by atoms with E-state index in [0.717, 1.165) is 42.6 Å². The number of amides is 1. The summed E-state index contributed by atoms with van der Waals surface area (Å²) in [6.45, 7) is 5.32. The van der Waals surface area contributed by atoms with Gasteiger partial charge in [0.05, 0.1) is 25.3 Å². The number of hydrogen-bond acceptors (Lipinski definition) is 7. The molecule has 36 heavy (non-hydrogen) atoms. The molecule has 3 heterocycles. The van der Waals surface area contributed by atoms with E-state index in [9.17, 15) is 14.7 Å². The molecule has 1 amide bonds. The largest absolute Gasteiger partial charge is 0.493 e. The Bertz CT molecular complexity index is 1000. The topological polar surface area (TPSA) is 122 Å². The van der Waals surface area contributed by atoms with Crippen molar-refractivity contribution in [3.63, 3.8) is 0 Å². The number of rotatable bonds is 13. The number of carbonyl (C=O) groups is 2. The van der Waals surface area contributed by atoms with Crippen molar-refractivity contribution in [2.75, 3.05) is 39.3 Å². The van der Waals surface area contributed by atoms with Crippen LogP contribution in [-0.2, 0) is 22.4 Å². The highest BCUT2D eigenvalue weighted by Gasteiger charge is 2.47. The summed E-state index contributed by atoms with van der Waals surface area (Å²) in [6, 6.07) is 5.71. The number of nitrogens with zero attached hydrogens (tertiary/aromatic N) is 3. The fourth-order valence-corrected chi connectivity index (χ4v) is 5.54. The van der Waals surface area contributed by atoms with Gasteiger partial charge in [0.2, 0.25) is 5.91 Å². The Labute approximate surface area is 212 Å². The van der Waals surface area contributed by atoms with E-state index < -0.39 is 11.9 Å². The van der Waals surface area contributed by atoms with E-state index in [0.29, 0.717) is 51.5 Å². The van der Waals surface area contributed by atoms with E-state index in [1.165, 1.54) is 6.26 Å². The second-order valence-electron chi connectivity index (χ2n) is 9.77. The lowest BCUT2D eigenvalue weighted by molar-refractivity contribution is -0.143. The van der Waals surface area contributed by atoms with Crippen molar-refractivity contribution in [1.29, 1.82) is 0 Å². The van der Waals surface area contributed by atoms with Crippen LogP contribution in [0.4, 0.5) is 0 Å². The quantitative estimate of drug-likeness (QED) is 0.432. The van der Waals surface area contributed by atoms with Crippen LogP contribution in [0.1, 0.15) is 55.5 Å². The summed E-state index contributed by atoms with van der Waals surface area (Å²) in [5, 5.41) is 10.4. The lowest BCUT2D eigenvalue weighted by atomic mass is 9.83. The van der Waals surface area contributed by atoms with Gasteiger partial charge in [0.1, 0.15) is 12.0 Å². The molecule has 1 aromatic carbocycles. The Hall–Kier alpha value is -2.91. The molecular weight excluding hydrogens is 460 g/mol. The maximum atomic E-state index is 13.4. The first kappa shape index (κ1) is 26.2. The lowest BCUT2D eigenvalue weighted by Gasteiger charge is -2.29. The standard InChI is InChI=1S/C27H38N4O5/c1-2-3-12-30(13-4-10-28)25(32)18-31-17-21(19-5-7-23-20(16-19)9-14-35-23)26(27(33)34)22(31)6-8-24-29-11-15-36-24/h5,7,11,15-16,21-22,26H,2-4,6,8-10,12-14,17-18,28H2,1H3,(H,33,34). The molecule has 2 aliphatic heterocycles. The number of aliphatic carboxylic acids is 1. The van der Waals surface area contributed by atoms with Gasteiger partial charge in [-0.2, -0.15) is 0 Å². The molecule has 0 radical (unpaired) electrons. The summed E-state index contributed by atoms with van der Waals surface area (Å²) in [5.74, 6) is -0.205. The van der Waals surface area contributed by atoms with Crippen LogP contribution in [-0.4, -0.2) is 77.1 Å². The van der Waals surface area contributed by atoms with Crippen molar-refractivity contribution in [3.8, 4) is 5.75 Å². The summed E-state index contributed by atoms with van der Waals surface area (Å²) in [7, 11) is 0. The van der Waals surface area contributed by atoms with Gasteiger partial charge in [-0.3, -0.25) is 14.5 Å². The van der Waals surface area contributed by atoms with Crippen molar-refractivity contribution >= 4 is 11.9 Å². The molecule has 1 aromatic heterocycles. The number of nitrogens with two attached hydrogens (primary N) is 1. The Kier molecular flexibility index (Phi) is 8.98. The number of ether oxygens (including phenoxy) is 1. The highest BCUT2D eigenvalue weighted by atomic mass is 16.5. The molecule has 1 saturated heterocycles. The summed E-state index contributed by atoms with van der Waals surface area (Å²) in [4.78, 5) is 34.2. The van der Waals surface area contributed by atoms with Crippen molar-refractivity contribution < 1.29 is 23.8 Å². The smallest absolute Gasteiger partial charge is 0.308 e. The Morgan fingerprint density at radius 1 is 1.28 bits per heavy atom. The second-order valence-corrected chi connectivity index (χ2v) is 9.77. The molecule has 3 atom stereocenters. The number of fused-ring (bicyclic) bond motifs is 1. The van der Waals surface area contributed by atoms with Crippen LogP contribution in [0, 0.1) is 5.92 Å². The first-order valence-corrected chi connectivity index (χ1v) is 13.1. The molecule has 9 heteroatoms. The number of likely N-dealkylation sites (tertiary alicyclic amines) is 1. The molecule has 0 saturated carbocycles. The van der Waals surface area contributed by atoms with Gasteiger partial charge in [-0.15, -0.1) is 0 Å². The molecule has 196 valence electrons. The fraction of sp³-hybridized carbons (Fsp3) is 0.593. The van der Waals surface area contributed by atoms with Crippen molar-refractivity contribution in [3.05, 3.63) is 47.7 Å². The third kappa shape index (κ3) is 6.07. The third-order valence-electron chi connectivity index (χ3n) is 7.42. The van der Waals surface area contributed by atoms with Crippen LogP contribution in [0.15, 0.2) is 35.1 Å². The molecule has 2 aliphatic rings. The van der Waals surface area contributed by atoms with Crippen LogP contribution in [0.25, 0.3) is 0 Å². The maximum absolute atomic E-state index is 13.4. The zero-order valence-electron chi connectivity index (χ0n) is 21.1. The fourth-order valence-electron chi connectivity index (χ4n) is 5.54. The van der Waals surface area contributed by atoms with Gasteiger partial charge in [-0.05, 0) is 43.0 Å².